The summed E-state index contributed by atoms with van der Waals surface area (Å²) in [5.41, 5.74) is 0.895. The fraction of sp³-hybridized carbons (Fsp3) is 0.333. The van der Waals surface area contributed by atoms with Crippen molar-refractivity contribution in [2.75, 3.05) is 5.32 Å². The van der Waals surface area contributed by atoms with Gasteiger partial charge < -0.3 is 5.32 Å². The second kappa shape index (κ2) is 5.26. The fourth-order valence-electron chi connectivity index (χ4n) is 1.28. The van der Waals surface area contributed by atoms with E-state index in [4.69, 9.17) is 5.26 Å². The van der Waals surface area contributed by atoms with Crippen molar-refractivity contribution in [3.05, 3.63) is 29.6 Å². The molecule has 1 aromatic rings. The third kappa shape index (κ3) is 2.80. The van der Waals surface area contributed by atoms with Crippen LogP contribution in [0.4, 0.5) is 10.1 Å². The lowest BCUT2D eigenvalue weighted by Gasteiger charge is -2.09. The maximum Gasteiger partial charge on any atom is 0.241 e. The molecular weight excluding hydrogens is 207 g/mol. The minimum Gasteiger partial charge on any atom is -0.322 e. The largest absolute Gasteiger partial charge is 0.322 e. The second-order valence-corrected chi connectivity index (χ2v) is 3.56. The lowest BCUT2D eigenvalue weighted by atomic mass is 10.1. The lowest BCUT2D eigenvalue weighted by molar-refractivity contribution is -0.118. The highest BCUT2D eigenvalue weighted by Gasteiger charge is 2.16. The average molecular weight is 220 g/mol. The number of carbonyl (C=O) groups is 1. The maximum atomic E-state index is 13.4. The molecule has 0 heterocycles. The van der Waals surface area contributed by atoms with Gasteiger partial charge in [-0.25, -0.2) is 4.39 Å². The number of anilines is 1. The van der Waals surface area contributed by atoms with E-state index in [-0.39, 0.29) is 5.69 Å². The zero-order valence-corrected chi connectivity index (χ0v) is 9.25. The van der Waals surface area contributed by atoms with Crippen LogP contribution in [-0.4, -0.2) is 5.91 Å². The molecule has 3 nitrogen and oxygen atoms in total. The molecule has 84 valence electrons. The Bertz CT molecular complexity index is 437. The molecule has 0 radical (unpaired) electrons. The van der Waals surface area contributed by atoms with Crippen molar-refractivity contribution in [3.8, 4) is 6.07 Å². The number of benzene rings is 1. The maximum absolute atomic E-state index is 13.4. The topological polar surface area (TPSA) is 52.9 Å². The van der Waals surface area contributed by atoms with E-state index in [1.165, 1.54) is 12.1 Å². The number of nitrogens with zero attached hydrogens (tertiary/aromatic N) is 1. The molecule has 1 amide bonds. The Hall–Kier alpha value is -1.89. The monoisotopic (exact) mass is 220 g/mol. The third-order valence-electron chi connectivity index (χ3n) is 2.26. The summed E-state index contributed by atoms with van der Waals surface area (Å²) in [6, 6.07) is 6.40. The van der Waals surface area contributed by atoms with Gasteiger partial charge in [0.1, 0.15) is 11.7 Å². The molecule has 1 unspecified atom stereocenters. The van der Waals surface area contributed by atoms with Crippen LogP contribution in [0.1, 0.15) is 18.9 Å². The summed E-state index contributed by atoms with van der Waals surface area (Å²) >= 11 is 0. The number of halogens is 1. The highest BCUT2D eigenvalue weighted by atomic mass is 19.1. The lowest BCUT2D eigenvalue weighted by Crippen LogP contribution is -2.21. The van der Waals surface area contributed by atoms with Crippen LogP contribution in [0.15, 0.2) is 18.2 Å². The second-order valence-electron chi connectivity index (χ2n) is 3.56. The van der Waals surface area contributed by atoms with Gasteiger partial charge in [0.15, 0.2) is 0 Å². The first-order chi connectivity index (χ1) is 7.58. The highest BCUT2D eigenvalue weighted by molar-refractivity contribution is 5.94. The highest BCUT2D eigenvalue weighted by Crippen LogP contribution is 2.16. The van der Waals surface area contributed by atoms with Crippen LogP contribution in [0.3, 0.4) is 0 Å². The summed E-state index contributed by atoms with van der Waals surface area (Å²) in [6.45, 7) is 3.50. The first-order valence-electron chi connectivity index (χ1n) is 5.05. The van der Waals surface area contributed by atoms with Gasteiger partial charge in [-0.1, -0.05) is 13.0 Å². The number of nitrogens with one attached hydrogen (secondary N) is 1. The minimum atomic E-state index is -0.735. The molecule has 0 aliphatic carbocycles. The van der Waals surface area contributed by atoms with Crippen LogP contribution in [-0.2, 0) is 4.79 Å². The predicted octanol–water partition coefficient (Wildman–Crippen LogP) is 2.62. The van der Waals surface area contributed by atoms with Gasteiger partial charge in [-0.3, -0.25) is 4.79 Å². The van der Waals surface area contributed by atoms with Crippen molar-refractivity contribution in [2.24, 2.45) is 5.92 Å². The van der Waals surface area contributed by atoms with Crippen molar-refractivity contribution in [1.29, 1.82) is 5.26 Å². The normalized spacial score (nSPS) is 11.6. The molecule has 1 atom stereocenters. The average Bonchev–Trinajstić information content (AvgIpc) is 2.24. The van der Waals surface area contributed by atoms with Crippen LogP contribution in [0.25, 0.3) is 0 Å². The van der Waals surface area contributed by atoms with Crippen molar-refractivity contribution in [1.82, 2.24) is 0 Å². The Balaban J connectivity index is 2.81. The summed E-state index contributed by atoms with van der Waals surface area (Å²) in [4.78, 5) is 11.5. The van der Waals surface area contributed by atoms with Gasteiger partial charge in [-0.05, 0) is 31.0 Å². The molecule has 16 heavy (non-hydrogen) atoms. The molecule has 0 aliphatic rings. The van der Waals surface area contributed by atoms with Crippen LogP contribution in [0.2, 0.25) is 0 Å². The van der Waals surface area contributed by atoms with E-state index in [2.05, 4.69) is 5.32 Å². The molecule has 0 saturated carbocycles. The summed E-state index contributed by atoms with van der Waals surface area (Å²) in [7, 11) is 0. The quantitative estimate of drug-likeness (QED) is 0.851. The van der Waals surface area contributed by atoms with E-state index >= 15 is 0 Å². The molecule has 1 rings (SSSR count). The zero-order chi connectivity index (χ0) is 12.1. The van der Waals surface area contributed by atoms with E-state index in [1.54, 1.807) is 19.9 Å². The van der Waals surface area contributed by atoms with Gasteiger partial charge >= 0.3 is 0 Å². The van der Waals surface area contributed by atoms with E-state index in [1.807, 2.05) is 6.07 Å². The zero-order valence-electron chi connectivity index (χ0n) is 9.25. The van der Waals surface area contributed by atoms with Gasteiger partial charge in [-0.15, -0.1) is 0 Å². The Kier molecular flexibility index (Phi) is 4.01. The molecule has 0 spiro atoms. The van der Waals surface area contributed by atoms with Gasteiger partial charge in [0.2, 0.25) is 5.91 Å². The number of hydrogen-bond acceptors (Lipinski definition) is 2. The molecule has 0 fully saturated rings. The summed E-state index contributed by atoms with van der Waals surface area (Å²) in [5.74, 6) is -1.69. The fourth-order valence-corrected chi connectivity index (χ4v) is 1.28. The van der Waals surface area contributed by atoms with E-state index in [0.29, 0.717) is 6.42 Å². The standard InChI is InChI=1S/C12H13FN2O/c1-3-9(7-14)12(16)15-11-5-4-8(2)6-10(11)13/h4-6,9H,3H2,1-2H3,(H,15,16). The number of nitriles is 1. The molecule has 1 N–H and O–H groups in total. The Morgan fingerprint density at radius 3 is 2.81 bits per heavy atom. The molecule has 1 aromatic carbocycles. The van der Waals surface area contributed by atoms with Gasteiger partial charge in [0, 0.05) is 0 Å². The van der Waals surface area contributed by atoms with Gasteiger partial charge in [0.05, 0.1) is 11.8 Å². The predicted molar refractivity (Wildman–Crippen MR) is 59.2 cm³/mol. The number of carbonyl (C=O) groups excluding carboxylic acids is 1. The number of amides is 1. The first kappa shape index (κ1) is 12.2. The molecule has 0 saturated heterocycles. The smallest absolute Gasteiger partial charge is 0.241 e. The van der Waals surface area contributed by atoms with Gasteiger partial charge in [0.25, 0.3) is 0 Å². The number of hydrogen-bond donors (Lipinski definition) is 1. The number of aryl methyl sites for hydroxylation is 1. The summed E-state index contributed by atoms with van der Waals surface area (Å²) in [5, 5.41) is 11.1. The van der Waals surface area contributed by atoms with E-state index < -0.39 is 17.6 Å². The minimum absolute atomic E-state index is 0.115. The van der Waals surface area contributed by atoms with Crippen molar-refractivity contribution < 1.29 is 9.18 Å². The van der Waals surface area contributed by atoms with Crippen molar-refractivity contribution >= 4 is 11.6 Å². The molecule has 0 aliphatic heterocycles. The van der Waals surface area contributed by atoms with Crippen LogP contribution < -0.4 is 5.32 Å². The van der Waals surface area contributed by atoms with Crippen LogP contribution in [0.5, 0.6) is 0 Å². The SMILES string of the molecule is CCC(C#N)C(=O)Nc1ccc(C)cc1F. The van der Waals surface area contributed by atoms with Crippen LogP contribution in [0, 0.1) is 30.0 Å². The Morgan fingerprint density at radius 1 is 1.62 bits per heavy atom. The van der Waals surface area contributed by atoms with Crippen molar-refractivity contribution in [2.45, 2.75) is 20.3 Å². The molecule has 0 bridgehead atoms. The molecule has 4 heteroatoms. The molecular formula is C12H13FN2O. The summed E-state index contributed by atoms with van der Waals surface area (Å²) in [6.07, 6.45) is 0.413. The third-order valence-corrected chi connectivity index (χ3v) is 2.26. The van der Waals surface area contributed by atoms with Gasteiger partial charge in [-0.2, -0.15) is 5.26 Å². The van der Waals surface area contributed by atoms with Crippen molar-refractivity contribution in [3.63, 3.8) is 0 Å². The van der Waals surface area contributed by atoms with E-state index in [9.17, 15) is 9.18 Å². The first-order valence-corrected chi connectivity index (χ1v) is 5.05. The Morgan fingerprint density at radius 2 is 2.31 bits per heavy atom. The van der Waals surface area contributed by atoms with E-state index in [0.717, 1.165) is 5.56 Å². The van der Waals surface area contributed by atoms with Crippen LogP contribution >= 0.6 is 0 Å². The Labute approximate surface area is 93.9 Å². The molecule has 0 aromatic heterocycles. The summed E-state index contributed by atoms with van der Waals surface area (Å²) < 4.78 is 13.4. The number of rotatable bonds is 3.